The lowest BCUT2D eigenvalue weighted by Crippen LogP contribution is -2.59. The highest BCUT2D eigenvalue weighted by atomic mass is 19.1. The van der Waals surface area contributed by atoms with Gasteiger partial charge in [-0.2, -0.15) is 0 Å². The Balaban J connectivity index is 2.24. The Hall–Kier alpha value is -2.26. The average molecular weight is 427 g/mol. The molecule has 168 valence electrons. The first-order valence-electron chi connectivity index (χ1n) is 10.2. The molecule has 0 aliphatic carbocycles. The summed E-state index contributed by atoms with van der Waals surface area (Å²) in [5.74, 6) is -1.71. The van der Waals surface area contributed by atoms with E-state index in [9.17, 15) is 28.6 Å². The zero-order valence-electron chi connectivity index (χ0n) is 17.6. The van der Waals surface area contributed by atoms with Gasteiger partial charge in [-0.05, 0) is 64.2 Å². The molecule has 0 radical (unpaired) electrons. The highest BCUT2D eigenvalue weighted by Gasteiger charge is 2.37. The summed E-state index contributed by atoms with van der Waals surface area (Å²) in [6, 6.07) is 1.52. The summed E-state index contributed by atoms with van der Waals surface area (Å²) >= 11 is 0. The van der Waals surface area contributed by atoms with E-state index in [0.717, 1.165) is 35.9 Å². The van der Waals surface area contributed by atoms with E-state index in [0.29, 0.717) is 13.0 Å². The fourth-order valence-corrected chi connectivity index (χ4v) is 3.83. The summed E-state index contributed by atoms with van der Waals surface area (Å²) in [5, 5.41) is 26.5. The molecule has 3 atom stereocenters. The maximum atomic E-state index is 13.7. The Labute approximate surface area is 175 Å². The van der Waals surface area contributed by atoms with Gasteiger partial charge in [0.15, 0.2) is 0 Å². The summed E-state index contributed by atoms with van der Waals surface area (Å²) in [6.07, 6.45) is -0.213. The summed E-state index contributed by atoms with van der Waals surface area (Å²) in [4.78, 5) is 25.2. The number of nitrogens with one attached hydrogen (secondary N) is 2. The first-order chi connectivity index (χ1) is 14.0. The van der Waals surface area contributed by atoms with Gasteiger partial charge in [0.2, 0.25) is 5.91 Å². The fourth-order valence-electron chi connectivity index (χ4n) is 3.83. The smallest absolute Gasteiger partial charge is 0.408 e. The van der Waals surface area contributed by atoms with Gasteiger partial charge in [0.1, 0.15) is 11.6 Å². The third-order valence-electron chi connectivity index (χ3n) is 5.18. The molecule has 1 aliphatic rings. The van der Waals surface area contributed by atoms with Crippen molar-refractivity contribution in [3.63, 3.8) is 0 Å². The van der Waals surface area contributed by atoms with Gasteiger partial charge in [-0.15, -0.1) is 0 Å². The zero-order chi connectivity index (χ0) is 22.5. The molecule has 1 aromatic carbocycles. The van der Waals surface area contributed by atoms with Gasteiger partial charge in [0, 0.05) is 24.7 Å². The molecule has 4 N–H and O–H groups in total. The Morgan fingerprint density at radius 1 is 1.27 bits per heavy atom. The quantitative estimate of drug-likeness (QED) is 0.535. The molecule has 0 spiro atoms. The molecule has 9 heteroatoms. The molecular weight excluding hydrogens is 396 g/mol. The Bertz CT molecular complexity index is 734. The highest BCUT2D eigenvalue weighted by Crippen LogP contribution is 2.23. The minimum Gasteiger partial charge on any atom is -0.465 e. The second-order valence-electron chi connectivity index (χ2n) is 8.69. The van der Waals surface area contributed by atoms with Crippen molar-refractivity contribution in [3.8, 4) is 0 Å². The number of benzene rings is 1. The number of aliphatic hydroxyl groups is 1. The third-order valence-corrected chi connectivity index (χ3v) is 5.18. The van der Waals surface area contributed by atoms with Crippen LogP contribution in [0.25, 0.3) is 0 Å². The van der Waals surface area contributed by atoms with Crippen molar-refractivity contribution in [2.24, 2.45) is 0 Å². The maximum absolute atomic E-state index is 13.7. The van der Waals surface area contributed by atoms with E-state index in [-0.39, 0.29) is 24.4 Å². The highest BCUT2D eigenvalue weighted by molar-refractivity contribution is 5.81. The van der Waals surface area contributed by atoms with Crippen LogP contribution in [0.4, 0.5) is 13.6 Å². The molecule has 30 heavy (non-hydrogen) atoms. The van der Waals surface area contributed by atoms with Crippen molar-refractivity contribution >= 4 is 12.0 Å². The van der Waals surface area contributed by atoms with Gasteiger partial charge in [0.25, 0.3) is 0 Å². The van der Waals surface area contributed by atoms with Crippen LogP contribution >= 0.6 is 0 Å². The van der Waals surface area contributed by atoms with E-state index >= 15 is 0 Å². The van der Waals surface area contributed by atoms with E-state index in [1.165, 1.54) is 0 Å². The van der Waals surface area contributed by atoms with Crippen LogP contribution in [0.3, 0.4) is 0 Å². The molecule has 2 amide bonds. The van der Waals surface area contributed by atoms with E-state index in [1.54, 1.807) is 20.8 Å². The first kappa shape index (κ1) is 24.0. The Morgan fingerprint density at radius 2 is 1.90 bits per heavy atom. The van der Waals surface area contributed by atoms with Gasteiger partial charge in [-0.25, -0.2) is 13.6 Å². The number of carboxylic acid groups (broad SMARTS) is 1. The fraction of sp³-hybridized carbons (Fsp3) is 0.619. The number of nitrogens with zero attached hydrogens (tertiary/aromatic N) is 1. The van der Waals surface area contributed by atoms with Crippen LogP contribution in [0.1, 0.15) is 45.6 Å². The van der Waals surface area contributed by atoms with Crippen molar-refractivity contribution in [2.75, 3.05) is 13.1 Å². The summed E-state index contributed by atoms with van der Waals surface area (Å²) in [6.45, 7) is 5.60. The zero-order valence-corrected chi connectivity index (χ0v) is 17.6. The van der Waals surface area contributed by atoms with Crippen molar-refractivity contribution in [3.05, 3.63) is 35.4 Å². The number of hydrogen-bond acceptors (Lipinski definition) is 4. The number of amides is 2. The summed E-state index contributed by atoms with van der Waals surface area (Å²) < 4.78 is 27.3. The van der Waals surface area contributed by atoms with Gasteiger partial charge in [-0.3, -0.25) is 9.69 Å². The van der Waals surface area contributed by atoms with Crippen molar-refractivity contribution < 1.29 is 28.6 Å². The van der Waals surface area contributed by atoms with Crippen LogP contribution in [-0.4, -0.2) is 63.9 Å². The van der Waals surface area contributed by atoms with Crippen LogP contribution < -0.4 is 10.6 Å². The average Bonchev–Trinajstić information content (AvgIpc) is 2.81. The molecule has 0 bridgehead atoms. The molecule has 1 aliphatic heterocycles. The number of carbonyl (C=O) groups is 2. The normalized spacial score (nSPS) is 19.5. The Kier molecular flexibility index (Phi) is 8.14. The van der Waals surface area contributed by atoms with E-state index < -0.39 is 41.5 Å². The second kappa shape index (κ2) is 10.2. The largest absolute Gasteiger partial charge is 0.465 e. The predicted octanol–water partition coefficient (Wildman–Crippen LogP) is 2.27. The van der Waals surface area contributed by atoms with Crippen LogP contribution in [-0.2, 0) is 11.2 Å². The van der Waals surface area contributed by atoms with Crippen molar-refractivity contribution in [1.82, 2.24) is 15.5 Å². The lowest BCUT2D eigenvalue weighted by atomic mass is 9.94. The lowest BCUT2D eigenvalue weighted by molar-refractivity contribution is -0.123. The minimum absolute atomic E-state index is 0.0413. The molecule has 0 aromatic heterocycles. The number of rotatable bonds is 7. The van der Waals surface area contributed by atoms with Gasteiger partial charge in [0.05, 0.1) is 18.2 Å². The molecule has 1 heterocycles. The van der Waals surface area contributed by atoms with Crippen LogP contribution in [0.2, 0.25) is 0 Å². The summed E-state index contributed by atoms with van der Waals surface area (Å²) in [5.41, 5.74) is -0.637. The van der Waals surface area contributed by atoms with E-state index in [2.05, 4.69) is 10.6 Å². The van der Waals surface area contributed by atoms with Crippen LogP contribution in [0.5, 0.6) is 0 Å². The number of carbonyl (C=O) groups excluding carboxylic acids is 1. The monoisotopic (exact) mass is 427 g/mol. The SMILES string of the molecule is CC(C)(C)N(C(=O)O)[C@@H](Cc1cc(F)cc(F)c1)[C@H](O)CN[C@H]1CCCCNC1=O. The number of halogens is 2. The van der Waals surface area contributed by atoms with Crippen molar-refractivity contribution in [2.45, 2.75) is 70.2 Å². The van der Waals surface area contributed by atoms with Crippen LogP contribution in [0.15, 0.2) is 18.2 Å². The van der Waals surface area contributed by atoms with Crippen molar-refractivity contribution in [1.29, 1.82) is 0 Å². The Morgan fingerprint density at radius 3 is 2.47 bits per heavy atom. The van der Waals surface area contributed by atoms with E-state index in [4.69, 9.17) is 0 Å². The molecule has 0 unspecified atom stereocenters. The molecule has 1 aromatic rings. The molecule has 7 nitrogen and oxygen atoms in total. The van der Waals surface area contributed by atoms with Gasteiger partial charge in [-0.1, -0.05) is 0 Å². The second-order valence-corrected chi connectivity index (χ2v) is 8.69. The molecule has 0 saturated carbocycles. The summed E-state index contributed by atoms with van der Waals surface area (Å²) in [7, 11) is 0. The third kappa shape index (κ3) is 6.63. The van der Waals surface area contributed by atoms with Gasteiger partial charge >= 0.3 is 6.09 Å². The number of hydrogen-bond donors (Lipinski definition) is 4. The topological polar surface area (TPSA) is 102 Å². The lowest BCUT2D eigenvalue weighted by Gasteiger charge is -2.42. The van der Waals surface area contributed by atoms with Gasteiger partial charge < -0.3 is 20.8 Å². The number of aliphatic hydroxyl groups excluding tert-OH is 1. The first-order valence-corrected chi connectivity index (χ1v) is 10.2. The van der Waals surface area contributed by atoms with E-state index in [1.807, 2.05) is 0 Å². The molecular formula is C21H31F2N3O4. The maximum Gasteiger partial charge on any atom is 0.408 e. The minimum atomic E-state index is -1.25. The van der Waals surface area contributed by atoms with Crippen LogP contribution in [0, 0.1) is 11.6 Å². The molecule has 1 fully saturated rings. The molecule has 2 rings (SSSR count). The predicted molar refractivity (Wildman–Crippen MR) is 108 cm³/mol. The standard InChI is InChI=1S/C21H31F2N3O4/c1-21(2,3)26(20(29)30)17(10-13-8-14(22)11-15(23)9-13)18(27)12-25-16-6-4-5-7-24-19(16)28/h8-9,11,16-18,25,27H,4-7,10,12H2,1-3H3,(H,24,28)(H,29,30)/t16-,17-,18+/m0/s1. The molecule has 1 saturated heterocycles.